The number of ketones is 2. The van der Waals surface area contributed by atoms with Gasteiger partial charge < -0.3 is 19.7 Å². The molecule has 170 valence electrons. The van der Waals surface area contributed by atoms with Gasteiger partial charge in [-0.05, 0) is 62.5 Å². The number of fused-ring (bicyclic) bond motifs is 6. The summed E-state index contributed by atoms with van der Waals surface area (Å²) in [5, 5.41) is 22.4. The standard InChI is InChI=1S/C25H34O6/c1-4-9-25(29)30-14-20(28)24(31-25)11-8-18-17-6-5-15-12-16(26)7-10-22(15,2)21(17)19(27)13-23(18,24)3/h7,10,12,17-19,21,27,29H,4-6,8-9,11,13-14H2,1-3H3/t17-,18-,19-,21+,22-,23-,24-,25?/m0/s1. The molecule has 8 atom stereocenters. The molecule has 6 nitrogen and oxygen atoms in total. The molecule has 1 aliphatic heterocycles. The van der Waals surface area contributed by atoms with Crippen LogP contribution in [0.15, 0.2) is 23.8 Å². The van der Waals surface area contributed by atoms with Crippen molar-refractivity contribution in [2.45, 2.75) is 83.4 Å². The van der Waals surface area contributed by atoms with Crippen LogP contribution in [0.1, 0.15) is 65.7 Å². The first-order valence-electron chi connectivity index (χ1n) is 11.8. The molecule has 2 N–H and O–H groups in total. The summed E-state index contributed by atoms with van der Waals surface area (Å²) >= 11 is 0. The molecule has 0 amide bonds. The van der Waals surface area contributed by atoms with E-state index in [1.807, 2.05) is 13.0 Å². The fourth-order valence-corrected chi connectivity index (χ4v) is 8.03. The molecule has 4 aliphatic carbocycles. The van der Waals surface area contributed by atoms with Crippen LogP contribution in [0.25, 0.3) is 0 Å². The zero-order valence-electron chi connectivity index (χ0n) is 18.7. The lowest BCUT2D eigenvalue weighted by atomic mass is 9.46. The number of carbonyl (C=O) groups is 2. The van der Waals surface area contributed by atoms with E-state index < -0.39 is 23.1 Å². The summed E-state index contributed by atoms with van der Waals surface area (Å²) in [6, 6.07) is 0. The van der Waals surface area contributed by atoms with Crippen LogP contribution in [0.3, 0.4) is 0 Å². The maximum Gasteiger partial charge on any atom is 0.281 e. The Bertz CT molecular complexity index is 877. The summed E-state index contributed by atoms with van der Waals surface area (Å²) in [4.78, 5) is 25.2. The maximum absolute atomic E-state index is 13.3. The van der Waals surface area contributed by atoms with Crippen LogP contribution in [-0.2, 0) is 19.1 Å². The third-order valence-corrected chi connectivity index (χ3v) is 9.39. The average Bonchev–Trinajstić information content (AvgIpc) is 2.98. The quantitative estimate of drug-likeness (QED) is 0.699. The topological polar surface area (TPSA) is 93.1 Å². The van der Waals surface area contributed by atoms with Gasteiger partial charge in [-0.2, -0.15) is 0 Å². The van der Waals surface area contributed by atoms with Gasteiger partial charge in [0.1, 0.15) is 12.2 Å². The highest BCUT2D eigenvalue weighted by Crippen LogP contribution is 2.68. The van der Waals surface area contributed by atoms with E-state index in [9.17, 15) is 19.8 Å². The van der Waals surface area contributed by atoms with Gasteiger partial charge in [-0.3, -0.25) is 9.59 Å². The molecular weight excluding hydrogens is 396 g/mol. The van der Waals surface area contributed by atoms with Crippen LogP contribution in [0, 0.1) is 28.6 Å². The minimum atomic E-state index is -1.75. The summed E-state index contributed by atoms with van der Waals surface area (Å²) in [6.45, 7) is 6.01. The van der Waals surface area contributed by atoms with E-state index in [1.54, 1.807) is 12.2 Å². The number of rotatable bonds is 2. The van der Waals surface area contributed by atoms with E-state index in [4.69, 9.17) is 9.47 Å². The molecule has 4 fully saturated rings. The molecule has 6 heteroatoms. The minimum absolute atomic E-state index is 0.00884. The molecule has 0 radical (unpaired) electrons. The van der Waals surface area contributed by atoms with E-state index in [2.05, 4.69) is 13.8 Å². The van der Waals surface area contributed by atoms with Crippen LogP contribution < -0.4 is 0 Å². The zero-order valence-corrected chi connectivity index (χ0v) is 18.7. The molecule has 1 heterocycles. The first-order valence-corrected chi connectivity index (χ1v) is 11.8. The van der Waals surface area contributed by atoms with E-state index in [1.165, 1.54) is 0 Å². The normalized spacial score (nSPS) is 51.3. The molecule has 31 heavy (non-hydrogen) atoms. The Balaban J connectivity index is 1.53. The lowest BCUT2D eigenvalue weighted by Gasteiger charge is -2.61. The molecule has 1 spiro atoms. The van der Waals surface area contributed by atoms with Crippen molar-refractivity contribution in [3.05, 3.63) is 23.8 Å². The predicted octanol–water partition coefficient (Wildman–Crippen LogP) is 3.07. The molecule has 5 rings (SSSR count). The molecule has 0 aromatic rings. The molecule has 1 unspecified atom stereocenters. The number of carbonyl (C=O) groups excluding carboxylic acids is 2. The van der Waals surface area contributed by atoms with Gasteiger partial charge in [0, 0.05) is 23.2 Å². The molecule has 5 aliphatic rings. The smallest absolute Gasteiger partial charge is 0.281 e. The minimum Gasteiger partial charge on any atom is -0.393 e. The second-order valence-corrected chi connectivity index (χ2v) is 10.9. The van der Waals surface area contributed by atoms with Gasteiger partial charge in [0.25, 0.3) is 5.97 Å². The van der Waals surface area contributed by atoms with Gasteiger partial charge in [-0.15, -0.1) is 0 Å². The second kappa shape index (κ2) is 6.83. The lowest BCUT2D eigenvalue weighted by molar-refractivity contribution is -0.418. The third-order valence-electron chi connectivity index (χ3n) is 9.39. The first kappa shape index (κ1) is 21.5. The Morgan fingerprint density at radius 2 is 2.00 bits per heavy atom. The maximum atomic E-state index is 13.3. The third kappa shape index (κ3) is 2.78. The monoisotopic (exact) mass is 430 g/mol. The van der Waals surface area contributed by atoms with Crippen LogP contribution in [0.4, 0.5) is 0 Å². The van der Waals surface area contributed by atoms with Crippen LogP contribution in [-0.4, -0.2) is 46.1 Å². The summed E-state index contributed by atoms with van der Waals surface area (Å²) in [5.41, 5.74) is -0.910. The SMILES string of the molecule is CCCC1(O)OCC(=O)[C@]2(CC[C@H]3[C@@H]4CCC5=CC(=O)C=C[C@]5(C)[C@H]4[C@@H](O)C[C@@]32C)O1. The van der Waals surface area contributed by atoms with Crippen molar-refractivity contribution in [3.8, 4) is 0 Å². The van der Waals surface area contributed by atoms with Crippen LogP contribution in [0.2, 0.25) is 0 Å². The number of aliphatic hydroxyl groups is 2. The number of allylic oxidation sites excluding steroid dienone is 4. The number of Topliss-reactive ketones (excluding diaryl/α,β-unsaturated/α-hetero) is 1. The summed E-state index contributed by atoms with van der Waals surface area (Å²) in [7, 11) is 0. The van der Waals surface area contributed by atoms with Crippen LogP contribution >= 0.6 is 0 Å². The van der Waals surface area contributed by atoms with Crippen LogP contribution in [0.5, 0.6) is 0 Å². The van der Waals surface area contributed by atoms with Gasteiger partial charge >= 0.3 is 0 Å². The van der Waals surface area contributed by atoms with Crippen molar-refractivity contribution in [2.24, 2.45) is 28.6 Å². The molecule has 3 saturated carbocycles. The van der Waals surface area contributed by atoms with E-state index in [0.717, 1.165) is 24.8 Å². The number of hydrogen-bond acceptors (Lipinski definition) is 6. The van der Waals surface area contributed by atoms with Crippen molar-refractivity contribution < 1.29 is 29.3 Å². The summed E-state index contributed by atoms with van der Waals surface area (Å²) in [5.74, 6) is -1.39. The lowest BCUT2D eigenvalue weighted by Crippen LogP contribution is -2.67. The van der Waals surface area contributed by atoms with Gasteiger partial charge in [-0.1, -0.05) is 32.4 Å². The predicted molar refractivity (Wildman–Crippen MR) is 113 cm³/mol. The highest BCUT2D eigenvalue weighted by Gasteiger charge is 2.71. The van der Waals surface area contributed by atoms with Crippen molar-refractivity contribution in [2.75, 3.05) is 6.61 Å². The Morgan fingerprint density at radius 3 is 2.74 bits per heavy atom. The van der Waals surface area contributed by atoms with Gasteiger partial charge in [0.2, 0.25) is 0 Å². The summed E-state index contributed by atoms with van der Waals surface area (Å²) < 4.78 is 11.7. The van der Waals surface area contributed by atoms with Gasteiger partial charge in [0.05, 0.1) is 6.10 Å². The van der Waals surface area contributed by atoms with E-state index in [-0.39, 0.29) is 41.3 Å². The molecule has 0 aromatic heterocycles. The zero-order chi connectivity index (χ0) is 22.2. The highest BCUT2D eigenvalue weighted by atomic mass is 16.8. The number of aliphatic hydroxyl groups excluding tert-OH is 1. The van der Waals surface area contributed by atoms with E-state index >= 15 is 0 Å². The van der Waals surface area contributed by atoms with E-state index in [0.29, 0.717) is 25.7 Å². The Hall–Kier alpha value is -1.34. The Morgan fingerprint density at radius 1 is 1.23 bits per heavy atom. The number of hydrogen-bond donors (Lipinski definition) is 2. The highest BCUT2D eigenvalue weighted by molar-refractivity contribution is 6.01. The first-order chi connectivity index (χ1) is 14.6. The molecule has 1 saturated heterocycles. The fraction of sp³-hybridized carbons (Fsp3) is 0.760. The Kier molecular flexibility index (Phi) is 4.74. The molecule has 0 aromatic carbocycles. The molecular formula is C25H34O6. The summed E-state index contributed by atoms with van der Waals surface area (Å²) in [6.07, 6.45) is 9.29. The van der Waals surface area contributed by atoms with Gasteiger partial charge in [-0.25, -0.2) is 0 Å². The van der Waals surface area contributed by atoms with Crippen molar-refractivity contribution >= 4 is 11.6 Å². The number of ether oxygens (including phenoxy) is 2. The second-order valence-electron chi connectivity index (χ2n) is 10.9. The fourth-order valence-electron chi connectivity index (χ4n) is 8.03. The average molecular weight is 431 g/mol. The molecule has 0 bridgehead atoms. The largest absolute Gasteiger partial charge is 0.393 e. The van der Waals surface area contributed by atoms with Crippen molar-refractivity contribution in [3.63, 3.8) is 0 Å². The Labute approximate surface area is 183 Å². The van der Waals surface area contributed by atoms with Gasteiger partial charge in [0.15, 0.2) is 11.6 Å². The van der Waals surface area contributed by atoms with Crippen molar-refractivity contribution in [1.82, 2.24) is 0 Å². The van der Waals surface area contributed by atoms with Crippen molar-refractivity contribution in [1.29, 1.82) is 0 Å².